The highest BCUT2D eigenvalue weighted by Gasteiger charge is 2.07. The van der Waals surface area contributed by atoms with Gasteiger partial charge in [-0.2, -0.15) is 0 Å². The third-order valence-electron chi connectivity index (χ3n) is 3.44. The van der Waals surface area contributed by atoms with Gasteiger partial charge >= 0.3 is 12.1 Å². The van der Waals surface area contributed by atoms with E-state index in [2.05, 4.69) is 18.5 Å². The molecule has 0 aliphatic rings. The predicted octanol–water partition coefficient (Wildman–Crippen LogP) is 3.36. The Hall–Kier alpha value is -2.89. The highest BCUT2D eigenvalue weighted by atomic mass is 16.6. The standard InChI is InChI=1S/C20H25NO5/c1-4-14-25-19(23)12-9-16-7-10-17(11-8-16)26-20(24)21-13-5-6-18(22)15(2)3/h4,7-8,10-11H,1-2,5-6,9,12-14H2,3H3,(H,21,24). The molecule has 0 unspecified atom stereocenters. The first-order valence-electron chi connectivity index (χ1n) is 8.42. The Morgan fingerprint density at radius 3 is 2.46 bits per heavy atom. The lowest BCUT2D eigenvalue weighted by Crippen LogP contribution is -2.28. The molecule has 1 amide bonds. The Morgan fingerprint density at radius 1 is 1.15 bits per heavy atom. The van der Waals surface area contributed by atoms with Crippen LogP contribution in [0.25, 0.3) is 0 Å². The van der Waals surface area contributed by atoms with E-state index in [1.807, 2.05) is 0 Å². The third-order valence-corrected chi connectivity index (χ3v) is 3.44. The summed E-state index contributed by atoms with van der Waals surface area (Å²) in [5.74, 6) is 0.109. The molecule has 0 aliphatic heterocycles. The van der Waals surface area contributed by atoms with Crippen molar-refractivity contribution in [3.8, 4) is 5.75 Å². The Balaban J connectivity index is 2.29. The molecule has 140 valence electrons. The van der Waals surface area contributed by atoms with E-state index in [9.17, 15) is 14.4 Å². The summed E-state index contributed by atoms with van der Waals surface area (Å²) in [7, 11) is 0. The van der Waals surface area contributed by atoms with E-state index >= 15 is 0 Å². The highest BCUT2D eigenvalue weighted by Crippen LogP contribution is 2.14. The quantitative estimate of drug-likeness (QED) is 0.283. The average molecular weight is 359 g/mol. The Morgan fingerprint density at radius 2 is 1.85 bits per heavy atom. The molecule has 0 atom stereocenters. The molecule has 26 heavy (non-hydrogen) atoms. The number of carbonyl (C=O) groups excluding carboxylic acids is 3. The van der Waals surface area contributed by atoms with E-state index in [-0.39, 0.29) is 24.8 Å². The number of rotatable bonds is 11. The second kappa shape index (κ2) is 11.6. The maximum absolute atomic E-state index is 11.7. The first-order valence-corrected chi connectivity index (χ1v) is 8.42. The maximum Gasteiger partial charge on any atom is 0.412 e. The van der Waals surface area contributed by atoms with Crippen LogP contribution in [0.1, 0.15) is 31.7 Å². The molecule has 1 rings (SSSR count). The maximum atomic E-state index is 11.7. The minimum atomic E-state index is -0.575. The van der Waals surface area contributed by atoms with Crippen molar-refractivity contribution >= 4 is 17.8 Å². The van der Waals surface area contributed by atoms with Gasteiger partial charge in [0.2, 0.25) is 0 Å². The lowest BCUT2D eigenvalue weighted by atomic mass is 10.1. The second-order valence-corrected chi connectivity index (χ2v) is 5.74. The molecule has 0 saturated heterocycles. The van der Waals surface area contributed by atoms with Gasteiger partial charge in [0.15, 0.2) is 5.78 Å². The Bertz CT molecular complexity index is 649. The van der Waals surface area contributed by atoms with Crippen molar-refractivity contribution in [2.75, 3.05) is 13.2 Å². The molecule has 0 bridgehead atoms. The largest absolute Gasteiger partial charge is 0.461 e. The molecule has 0 aromatic heterocycles. The summed E-state index contributed by atoms with van der Waals surface area (Å²) in [6, 6.07) is 6.90. The molecule has 6 nitrogen and oxygen atoms in total. The zero-order valence-electron chi connectivity index (χ0n) is 15.1. The van der Waals surface area contributed by atoms with Crippen molar-refractivity contribution in [1.29, 1.82) is 0 Å². The molecule has 1 aromatic carbocycles. The highest BCUT2D eigenvalue weighted by molar-refractivity contribution is 5.94. The molecule has 6 heteroatoms. The smallest absolute Gasteiger partial charge is 0.412 e. The van der Waals surface area contributed by atoms with Gasteiger partial charge in [-0.3, -0.25) is 9.59 Å². The van der Waals surface area contributed by atoms with Crippen molar-refractivity contribution < 1.29 is 23.9 Å². The summed E-state index contributed by atoms with van der Waals surface area (Å²) >= 11 is 0. The predicted molar refractivity (Wildman–Crippen MR) is 99.0 cm³/mol. The lowest BCUT2D eigenvalue weighted by molar-refractivity contribution is -0.142. The Labute approximate surface area is 153 Å². The van der Waals surface area contributed by atoms with Crippen LogP contribution in [-0.4, -0.2) is 31.0 Å². The van der Waals surface area contributed by atoms with E-state index in [0.717, 1.165) is 5.56 Å². The van der Waals surface area contributed by atoms with Crippen LogP contribution in [0, 0.1) is 0 Å². The van der Waals surface area contributed by atoms with Gasteiger partial charge in [-0.25, -0.2) is 4.79 Å². The van der Waals surface area contributed by atoms with E-state index < -0.39 is 6.09 Å². The van der Waals surface area contributed by atoms with E-state index in [4.69, 9.17) is 9.47 Å². The Kier molecular flexibility index (Phi) is 9.46. The van der Waals surface area contributed by atoms with Gasteiger partial charge in [0, 0.05) is 19.4 Å². The van der Waals surface area contributed by atoms with Gasteiger partial charge < -0.3 is 14.8 Å². The number of allylic oxidation sites excluding steroid dienone is 1. The number of ether oxygens (including phenoxy) is 2. The van der Waals surface area contributed by atoms with E-state index in [1.54, 1.807) is 31.2 Å². The number of hydrogen-bond acceptors (Lipinski definition) is 5. The molecule has 0 aliphatic carbocycles. The van der Waals surface area contributed by atoms with Gasteiger partial charge in [-0.15, -0.1) is 0 Å². The third kappa shape index (κ3) is 8.82. The lowest BCUT2D eigenvalue weighted by Gasteiger charge is -2.07. The SMILES string of the molecule is C=CCOC(=O)CCc1ccc(OC(=O)NCCCC(=O)C(=C)C)cc1. The van der Waals surface area contributed by atoms with Crippen LogP contribution in [0.15, 0.2) is 49.1 Å². The molecule has 0 heterocycles. The van der Waals surface area contributed by atoms with Gasteiger partial charge in [0.05, 0.1) is 0 Å². The molecular weight excluding hydrogens is 334 g/mol. The molecule has 0 fully saturated rings. The van der Waals surface area contributed by atoms with Gasteiger partial charge in [0.1, 0.15) is 12.4 Å². The first kappa shape index (κ1) is 21.2. The minimum Gasteiger partial charge on any atom is -0.461 e. The molecule has 0 radical (unpaired) electrons. The number of carbonyl (C=O) groups is 3. The zero-order valence-corrected chi connectivity index (χ0v) is 15.1. The zero-order chi connectivity index (χ0) is 19.4. The van der Waals surface area contributed by atoms with Crippen molar-refractivity contribution in [2.24, 2.45) is 0 Å². The summed E-state index contributed by atoms with van der Waals surface area (Å²) in [5.41, 5.74) is 1.45. The second-order valence-electron chi connectivity index (χ2n) is 5.74. The van der Waals surface area contributed by atoms with Crippen molar-refractivity contribution in [3.05, 3.63) is 54.6 Å². The normalized spacial score (nSPS) is 9.88. The van der Waals surface area contributed by atoms with Crippen LogP contribution in [0.3, 0.4) is 0 Å². The van der Waals surface area contributed by atoms with E-state index in [1.165, 1.54) is 6.08 Å². The fourth-order valence-electron chi connectivity index (χ4n) is 1.99. The summed E-state index contributed by atoms with van der Waals surface area (Å²) in [5, 5.41) is 2.59. The fraction of sp³-hybridized carbons (Fsp3) is 0.350. The molecular formula is C20H25NO5. The molecule has 0 spiro atoms. The van der Waals surface area contributed by atoms with Crippen molar-refractivity contribution in [2.45, 2.75) is 32.6 Å². The topological polar surface area (TPSA) is 81.7 Å². The number of esters is 1. The van der Waals surface area contributed by atoms with Gasteiger partial charge in [-0.05, 0) is 43.0 Å². The molecule has 1 N–H and O–H groups in total. The fourth-order valence-corrected chi connectivity index (χ4v) is 1.99. The minimum absolute atomic E-state index is 0.0101. The number of nitrogens with one attached hydrogen (secondary N) is 1. The monoisotopic (exact) mass is 359 g/mol. The van der Waals surface area contributed by atoms with Crippen LogP contribution in [0.2, 0.25) is 0 Å². The summed E-state index contributed by atoms with van der Waals surface area (Å²) in [6.07, 6.45) is 2.64. The number of hydrogen-bond donors (Lipinski definition) is 1. The number of ketones is 1. The average Bonchev–Trinajstić information content (AvgIpc) is 2.62. The van der Waals surface area contributed by atoms with Crippen LogP contribution in [-0.2, 0) is 20.7 Å². The van der Waals surface area contributed by atoms with Crippen molar-refractivity contribution in [3.63, 3.8) is 0 Å². The number of amides is 1. The summed E-state index contributed by atoms with van der Waals surface area (Å²) in [4.78, 5) is 34.5. The van der Waals surface area contributed by atoms with Gasteiger partial charge in [0.25, 0.3) is 0 Å². The van der Waals surface area contributed by atoms with Gasteiger partial charge in [-0.1, -0.05) is 31.4 Å². The van der Waals surface area contributed by atoms with Crippen LogP contribution < -0.4 is 10.1 Å². The van der Waals surface area contributed by atoms with Crippen molar-refractivity contribution in [1.82, 2.24) is 5.32 Å². The number of Topliss-reactive ketones (excluding diaryl/α,β-unsaturated/α-hetero) is 1. The number of benzene rings is 1. The first-order chi connectivity index (χ1) is 12.4. The molecule has 0 saturated carbocycles. The van der Waals surface area contributed by atoms with Crippen LogP contribution >= 0.6 is 0 Å². The molecule has 1 aromatic rings. The summed E-state index contributed by atoms with van der Waals surface area (Å²) in [6.45, 7) is 9.28. The van der Waals surface area contributed by atoms with Crippen LogP contribution in [0.5, 0.6) is 5.75 Å². The summed E-state index contributed by atoms with van der Waals surface area (Å²) < 4.78 is 10.1. The number of aryl methyl sites for hydroxylation is 1. The van der Waals surface area contributed by atoms with E-state index in [0.29, 0.717) is 37.1 Å². The van der Waals surface area contributed by atoms with Crippen LogP contribution in [0.4, 0.5) is 4.79 Å².